The van der Waals surface area contributed by atoms with Crippen molar-refractivity contribution in [3.63, 3.8) is 0 Å². The number of amides is 2. The summed E-state index contributed by atoms with van der Waals surface area (Å²) < 4.78 is 39.0. The topological polar surface area (TPSA) is 116 Å². The lowest BCUT2D eigenvalue weighted by Crippen LogP contribution is -2.54. The maximum Gasteiger partial charge on any atom is 0.416 e. The van der Waals surface area contributed by atoms with Gasteiger partial charge < -0.3 is 21.2 Å². The number of hydrazine groups is 1. The van der Waals surface area contributed by atoms with Gasteiger partial charge in [0.2, 0.25) is 0 Å². The molecule has 5 rings (SSSR count). The Bertz CT molecular complexity index is 1460. The molecule has 13 heteroatoms. The number of nitrogens with two attached hydrogens (primary N) is 1. The number of anilines is 3. The molecule has 4 N–H and O–H groups in total. The third kappa shape index (κ3) is 5.06. The van der Waals surface area contributed by atoms with Crippen molar-refractivity contribution in [2.45, 2.75) is 30.7 Å². The van der Waals surface area contributed by atoms with Crippen LogP contribution in [0.15, 0.2) is 60.8 Å². The number of pyridine rings is 1. The van der Waals surface area contributed by atoms with Crippen LogP contribution < -0.4 is 21.4 Å². The fourth-order valence-corrected chi connectivity index (χ4v) is 4.95. The summed E-state index contributed by atoms with van der Waals surface area (Å²) in [5, 5.41) is 10.0. The summed E-state index contributed by atoms with van der Waals surface area (Å²) in [6.45, 7) is 0. The van der Waals surface area contributed by atoms with Gasteiger partial charge in [0.15, 0.2) is 0 Å². The fraction of sp³-hybridized carbons (Fsp3) is 0.296. The minimum absolute atomic E-state index is 0.00586. The molecule has 1 unspecified atom stereocenters. The van der Waals surface area contributed by atoms with E-state index in [1.54, 1.807) is 61.6 Å². The molecule has 2 amide bonds. The smallest absolute Gasteiger partial charge is 0.367 e. The molecule has 2 aliphatic rings. The van der Waals surface area contributed by atoms with Gasteiger partial charge >= 0.3 is 18.2 Å². The average molecular weight is 556 g/mol. The maximum absolute atomic E-state index is 13.0. The Balaban J connectivity index is 1.38. The second-order valence-corrected chi connectivity index (χ2v) is 9.87. The molecule has 2 aromatic carbocycles. The predicted molar refractivity (Wildman–Crippen MR) is 143 cm³/mol. The number of carbonyl (C=O) groups excluding carboxylic acids is 2. The number of aromatic nitrogens is 1. The zero-order valence-corrected chi connectivity index (χ0v) is 22.0. The summed E-state index contributed by atoms with van der Waals surface area (Å²) in [7, 11) is 5.06. The monoisotopic (exact) mass is 555 g/mol. The number of nitrogens with zero attached hydrogens (tertiary/aromatic N) is 4. The minimum atomic E-state index is -4.52. The van der Waals surface area contributed by atoms with E-state index < -0.39 is 35.4 Å². The quantitative estimate of drug-likeness (QED) is 0.379. The lowest BCUT2D eigenvalue weighted by atomic mass is 9.99. The first-order chi connectivity index (χ1) is 18.9. The first kappa shape index (κ1) is 27.4. The summed E-state index contributed by atoms with van der Waals surface area (Å²) >= 11 is 0. The number of carbonyl (C=O) groups is 2. The molecule has 1 fully saturated rings. The van der Waals surface area contributed by atoms with Gasteiger partial charge in [0, 0.05) is 44.3 Å². The van der Waals surface area contributed by atoms with Crippen molar-refractivity contribution in [3.8, 4) is 11.1 Å². The summed E-state index contributed by atoms with van der Waals surface area (Å²) in [4.78, 5) is 35.4. The van der Waals surface area contributed by atoms with E-state index in [2.05, 4.69) is 15.6 Å². The van der Waals surface area contributed by atoms with E-state index in [1.165, 1.54) is 17.2 Å². The first-order valence-electron chi connectivity index (χ1n) is 12.4. The van der Waals surface area contributed by atoms with Crippen molar-refractivity contribution in [1.29, 1.82) is 0 Å². The molecule has 0 bridgehead atoms. The molecular formula is C27H28F3N7O3. The fourth-order valence-electron chi connectivity index (χ4n) is 4.95. The number of fused-ring (bicyclic) bond motifs is 1. The van der Waals surface area contributed by atoms with Crippen LogP contribution in [-0.4, -0.2) is 53.7 Å². The van der Waals surface area contributed by atoms with Crippen molar-refractivity contribution in [1.82, 2.24) is 15.1 Å². The molecule has 40 heavy (non-hydrogen) atoms. The van der Waals surface area contributed by atoms with Crippen molar-refractivity contribution < 1.29 is 27.6 Å². The van der Waals surface area contributed by atoms with Crippen LogP contribution in [0.1, 0.15) is 30.1 Å². The van der Waals surface area contributed by atoms with Crippen LogP contribution in [0.5, 0.6) is 0 Å². The Kier molecular flexibility index (Phi) is 6.90. The number of urea groups is 1. The van der Waals surface area contributed by atoms with E-state index in [1.807, 2.05) is 6.07 Å². The highest BCUT2D eigenvalue weighted by Gasteiger charge is 2.62. The van der Waals surface area contributed by atoms with Gasteiger partial charge in [-0.2, -0.15) is 18.2 Å². The van der Waals surface area contributed by atoms with Gasteiger partial charge in [-0.25, -0.2) is 14.6 Å². The second-order valence-electron chi connectivity index (χ2n) is 9.87. The summed E-state index contributed by atoms with van der Waals surface area (Å²) in [6, 6.07) is 12.4. The van der Waals surface area contributed by atoms with Crippen LogP contribution in [0.4, 0.5) is 35.2 Å². The Morgan fingerprint density at radius 2 is 1.73 bits per heavy atom. The molecule has 10 nitrogen and oxygen atoms in total. The summed E-state index contributed by atoms with van der Waals surface area (Å²) in [6.07, 6.45) is -2.41. The third-order valence-electron chi connectivity index (χ3n) is 6.84. The zero-order chi connectivity index (χ0) is 28.8. The molecule has 1 aliphatic heterocycles. The summed E-state index contributed by atoms with van der Waals surface area (Å²) in [5.41, 5.74) is 7.57. The van der Waals surface area contributed by atoms with Gasteiger partial charge in [-0.1, -0.05) is 18.2 Å². The molecule has 3 aromatic rings. The molecule has 1 atom stereocenters. The zero-order valence-electron chi connectivity index (χ0n) is 22.0. The van der Waals surface area contributed by atoms with E-state index in [-0.39, 0.29) is 5.69 Å². The number of benzene rings is 2. The average Bonchev–Trinajstić information content (AvgIpc) is 3.64. The Morgan fingerprint density at radius 1 is 1.07 bits per heavy atom. The Morgan fingerprint density at radius 3 is 2.35 bits per heavy atom. The van der Waals surface area contributed by atoms with Crippen LogP contribution in [0.3, 0.4) is 0 Å². The van der Waals surface area contributed by atoms with E-state index >= 15 is 0 Å². The van der Waals surface area contributed by atoms with Gasteiger partial charge in [0.1, 0.15) is 17.5 Å². The van der Waals surface area contributed by atoms with E-state index in [9.17, 15) is 22.8 Å². The van der Waals surface area contributed by atoms with Gasteiger partial charge in [0.25, 0.3) is 0 Å². The van der Waals surface area contributed by atoms with Crippen molar-refractivity contribution in [3.05, 3.63) is 71.9 Å². The van der Waals surface area contributed by atoms with E-state index in [4.69, 9.17) is 10.6 Å². The standard InChI is InChI=1S/C27H28F3N7O3/c1-35(2)40-24(38)26(11-12-26)37-22(31)21-20(10-13-32-23(21)36(37)3)16-6-4-8-18(14-16)33-25(39)34-19-9-5-7-17(15-19)27(28,29)30/h4-10,13-15,22H,11-12,31H2,1-3H3,(H2,33,34,39). The molecule has 2 heterocycles. The van der Waals surface area contributed by atoms with Crippen LogP contribution in [0, 0.1) is 0 Å². The Labute approximate surface area is 228 Å². The number of halogens is 3. The lowest BCUT2D eigenvalue weighted by molar-refractivity contribution is -0.188. The molecule has 0 radical (unpaired) electrons. The van der Waals surface area contributed by atoms with Crippen molar-refractivity contribution in [2.24, 2.45) is 5.73 Å². The molecule has 0 saturated heterocycles. The number of hydrogen-bond acceptors (Lipinski definition) is 8. The lowest BCUT2D eigenvalue weighted by Gasteiger charge is -2.35. The van der Waals surface area contributed by atoms with Gasteiger partial charge in [-0.05, 0) is 60.4 Å². The molecule has 1 aliphatic carbocycles. The second kappa shape index (κ2) is 10.1. The van der Waals surface area contributed by atoms with Gasteiger partial charge in [-0.15, -0.1) is 5.06 Å². The predicted octanol–water partition coefficient (Wildman–Crippen LogP) is 4.59. The van der Waals surface area contributed by atoms with Gasteiger partial charge in [-0.3, -0.25) is 5.01 Å². The van der Waals surface area contributed by atoms with Crippen molar-refractivity contribution in [2.75, 3.05) is 36.8 Å². The number of alkyl halides is 3. The number of hydroxylamine groups is 2. The van der Waals surface area contributed by atoms with E-state index in [0.717, 1.165) is 23.3 Å². The molecule has 0 spiro atoms. The SMILES string of the molecule is CN(C)OC(=O)C1(N2C(N)c3c(-c4cccc(NC(=O)Nc5cccc(C(F)(F)F)c5)c4)ccnc3N2C)CC1. The highest BCUT2D eigenvalue weighted by atomic mass is 19.4. The molecule has 1 saturated carbocycles. The highest BCUT2D eigenvalue weighted by Crippen LogP contribution is 2.52. The number of hydrogen-bond donors (Lipinski definition) is 3. The normalized spacial score (nSPS) is 17.9. The van der Waals surface area contributed by atoms with Crippen LogP contribution in [-0.2, 0) is 15.8 Å². The van der Waals surface area contributed by atoms with E-state index in [0.29, 0.717) is 29.9 Å². The maximum atomic E-state index is 13.0. The molecule has 1 aromatic heterocycles. The highest BCUT2D eigenvalue weighted by molar-refractivity contribution is 6.00. The van der Waals surface area contributed by atoms with Gasteiger partial charge in [0.05, 0.1) is 5.56 Å². The first-order valence-corrected chi connectivity index (χ1v) is 12.4. The summed E-state index contributed by atoms with van der Waals surface area (Å²) in [5.74, 6) is 0.196. The minimum Gasteiger partial charge on any atom is -0.367 e. The largest absolute Gasteiger partial charge is 0.416 e. The number of rotatable bonds is 6. The van der Waals surface area contributed by atoms with Crippen molar-refractivity contribution >= 4 is 29.2 Å². The third-order valence-corrected chi connectivity index (χ3v) is 6.84. The van der Waals surface area contributed by atoms with Crippen LogP contribution in [0.25, 0.3) is 11.1 Å². The molecular weight excluding hydrogens is 527 g/mol. The molecule has 210 valence electrons. The number of nitrogens with one attached hydrogen (secondary N) is 2. The van der Waals surface area contributed by atoms with Crippen LogP contribution in [0.2, 0.25) is 0 Å². The van der Waals surface area contributed by atoms with Crippen LogP contribution >= 0.6 is 0 Å². The Hall–Kier alpha value is -4.20.